The van der Waals surface area contributed by atoms with Crippen LogP contribution >= 0.6 is 0 Å². The van der Waals surface area contributed by atoms with Crippen LogP contribution in [0.2, 0.25) is 0 Å². The van der Waals surface area contributed by atoms with Crippen molar-refractivity contribution in [3.8, 4) is 0 Å². The van der Waals surface area contributed by atoms with Gasteiger partial charge in [-0.2, -0.15) is 0 Å². The van der Waals surface area contributed by atoms with Gasteiger partial charge in [0.25, 0.3) is 0 Å². The molecule has 2 rings (SSSR count). The van der Waals surface area contributed by atoms with E-state index in [9.17, 15) is 4.79 Å². The Morgan fingerprint density at radius 2 is 2.15 bits per heavy atom. The number of hydrogen-bond donors (Lipinski definition) is 1. The van der Waals surface area contributed by atoms with Gasteiger partial charge in [-0.15, -0.1) is 0 Å². The highest BCUT2D eigenvalue weighted by Crippen LogP contribution is 2.22. The van der Waals surface area contributed by atoms with Crippen molar-refractivity contribution < 1.29 is 9.53 Å². The Balaban J connectivity index is 2.02. The van der Waals surface area contributed by atoms with Crippen LogP contribution in [-0.2, 0) is 4.74 Å². The maximum atomic E-state index is 11.9. The predicted octanol–water partition coefficient (Wildman–Crippen LogP) is 2.08. The molecule has 0 atom stereocenters. The molecule has 1 aromatic heterocycles. The first kappa shape index (κ1) is 14.3. The fourth-order valence-corrected chi connectivity index (χ4v) is 1.93. The lowest BCUT2D eigenvalue weighted by molar-refractivity contribution is 0.0270. The molecule has 2 heterocycles. The summed E-state index contributed by atoms with van der Waals surface area (Å²) in [7, 11) is 0. The first-order valence-electron chi connectivity index (χ1n) is 6.60. The molecule has 2 N–H and O–H groups in total. The zero-order chi connectivity index (χ0) is 14.8. The second-order valence-corrected chi connectivity index (χ2v) is 5.73. The van der Waals surface area contributed by atoms with Gasteiger partial charge in [-0.3, -0.25) is 4.98 Å². The molecule has 1 aromatic rings. The monoisotopic (exact) mass is 276 g/mol. The van der Waals surface area contributed by atoms with Gasteiger partial charge in [-0.1, -0.05) is 6.08 Å². The molecule has 6 nitrogen and oxygen atoms in total. The van der Waals surface area contributed by atoms with Crippen LogP contribution < -0.4 is 5.73 Å². The predicted molar refractivity (Wildman–Crippen MR) is 76.8 cm³/mol. The summed E-state index contributed by atoms with van der Waals surface area (Å²) in [6.07, 6.45) is 5.60. The van der Waals surface area contributed by atoms with Crippen molar-refractivity contribution in [1.82, 2.24) is 14.9 Å². The maximum absolute atomic E-state index is 11.9. The van der Waals surface area contributed by atoms with E-state index < -0.39 is 5.60 Å². The zero-order valence-corrected chi connectivity index (χ0v) is 12.1. The number of ether oxygens (including phenoxy) is 1. The quantitative estimate of drug-likeness (QED) is 0.849. The summed E-state index contributed by atoms with van der Waals surface area (Å²) >= 11 is 0. The summed E-state index contributed by atoms with van der Waals surface area (Å²) in [6.45, 7) is 6.70. The molecule has 1 aliphatic heterocycles. The second kappa shape index (κ2) is 5.48. The van der Waals surface area contributed by atoms with Gasteiger partial charge in [0.05, 0.1) is 18.1 Å². The van der Waals surface area contributed by atoms with Gasteiger partial charge in [-0.05, 0) is 32.8 Å². The summed E-state index contributed by atoms with van der Waals surface area (Å²) < 4.78 is 5.35. The number of rotatable bonds is 1. The van der Waals surface area contributed by atoms with Crippen molar-refractivity contribution in [3.05, 3.63) is 24.2 Å². The average molecular weight is 276 g/mol. The molecule has 0 radical (unpaired) electrons. The van der Waals surface area contributed by atoms with Crippen molar-refractivity contribution in [1.29, 1.82) is 0 Å². The van der Waals surface area contributed by atoms with Crippen molar-refractivity contribution in [2.45, 2.75) is 32.8 Å². The third kappa shape index (κ3) is 3.69. The Bertz CT molecular complexity index is 534. The number of carbonyl (C=O) groups excluding carboxylic acids is 1. The molecule has 0 fully saturated rings. The molecular weight excluding hydrogens is 256 g/mol. The normalized spacial score (nSPS) is 15.8. The number of aromatic nitrogens is 2. The van der Waals surface area contributed by atoms with Crippen LogP contribution in [0.25, 0.3) is 5.57 Å². The Morgan fingerprint density at radius 3 is 2.70 bits per heavy atom. The number of hydrogen-bond acceptors (Lipinski definition) is 5. The van der Waals surface area contributed by atoms with Gasteiger partial charge >= 0.3 is 6.09 Å². The summed E-state index contributed by atoms with van der Waals surface area (Å²) in [5.41, 5.74) is 6.98. The van der Waals surface area contributed by atoms with Crippen LogP contribution in [0.3, 0.4) is 0 Å². The van der Waals surface area contributed by atoms with Gasteiger partial charge in [0.2, 0.25) is 0 Å². The summed E-state index contributed by atoms with van der Waals surface area (Å²) in [6, 6.07) is 0. The second-order valence-electron chi connectivity index (χ2n) is 5.73. The van der Waals surface area contributed by atoms with Crippen LogP contribution in [0.1, 0.15) is 32.9 Å². The summed E-state index contributed by atoms with van der Waals surface area (Å²) in [5.74, 6) is 0.401. The van der Waals surface area contributed by atoms with E-state index >= 15 is 0 Å². The lowest BCUT2D eigenvalue weighted by Gasteiger charge is -2.29. The minimum absolute atomic E-state index is 0.286. The Kier molecular flexibility index (Phi) is 3.92. The van der Waals surface area contributed by atoms with Crippen LogP contribution in [0, 0.1) is 0 Å². The van der Waals surface area contributed by atoms with E-state index in [1.807, 2.05) is 26.8 Å². The molecule has 0 spiro atoms. The van der Waals surface area contributed by atoms with Crippen LogP contribution in [0.5, 0.6) is 0 Å². The highest BCUT2D eigenvalue weighted by molar-refractivity contribution is 5.71. The number of nitrogens with zero attached hydrogens (tertiary/aromatic N) is 3. The van der Waals surface area contributed by atoms with Gasteiger partial charge in [0, 0.05) is 13.1 Å². The van der Waals surface area contributed by atoms with Crippen LogP contribution in [0.15, 0.2) is 18.5 Å². The molecule has 1 amide bonds. The topological polar surface area (TPSA) is 81.3 Å². The largest absolute Gasteiger partial charge is 0.444 e. The molecule has 20 heavy (non-hydrogen) atoms. The fraction of sp³-hybridized carbons (Fsp3) is 0.500. The van der Waals surface area contributed by atoms with Crippen LogP contribution in [0.4, 0.5) is 10.6 Å². The van der Waals surface area contributed by atoms with E-state index in [0.717, 1.165) is 17.7 Å². The lowest BCUT2D eigenvalue weighted by Crippen LogP contribution is -2.39. The van der Waals surface area contributed by atoms with E-state index in [1.165, 1.54) is 6.20 Å². The number of nitrogen functional groups attached to an aromatic ring is 1. The smallest absolute Gasteiger partial charge is 0.410 e. The van der Waals surface area contributed by atoms with E-state index in [4.69, 9.17) is 10.5 Å². The SMILES string of the molecule is CC(C)(C)OC(=O)N1CC=C(c2cncc(N)n2)CC1. The van der Waals surface area contributed by atoms with E-state index in [-0.39, 0.29) is 6.09 Å². The van der Waals surface area contributed by atoms with E-state index in [1.54, 1.807) is 11.1 Å². The summed E-state index contributed by atoms with van der Waals surface area (Å²) in [4.78, 5) is 21.9. The van der Waals surface area contributed by atoms with Gasteiger partial charge in [0.15, 0.2) is 0 Å². The molecule has 0 unspecified atom stereocenters. The molecule has 108 valence electrons. The van der Waals surface area contributed by atoms with Crippen LogP contribution in [-0.4, -0.2) is 39.7 Å². The van der Waals surface area contributed by atoms with Crippen molar-refractivity contribution in [2.24, 2.45) is 0 Å². The molecular formula is C14H20N4O2. The minimum atomic E-state index is -0.472. The molecule has 0 saturated heterocycles. The first-order chi connectivity index (χ1) is 9.35. The van der Waals surface area contributed by atoms with Gasteiger partial charge in [-0.25, -0.2) is 9.78 Å². The lowest BCUT2D eigenvalue weighted by atomic mass is 10.1. The number of anilines is 1. The Morgan fingerprint density at radius 1 is 1.40 bits per heavy atom. The Hall–Kier alpha value is -2.11. The molecule has 0 aliphatic carbocycles. The van der Waals surface area contributed by atoms with E-state index in [0.29, 0.717) is 18.9 Å². The molecule has 0 saturated carbocycles. The molecule has 6 heteroatoms. The maximum Gasteiger partial charge on any atom is 0.410 e. The third-order valence-corrected chi connectivity index (χ3v) is 2.84. The van der Waals surface area contributed by atoms with Gasteiger partial charge < -0.3 is 15.4 Å². The molecule has 1 aliphatic rings. The van der Waals surface area contributed by atoms with Crippen molar-refractivity contribution in [3.63, 3.8) is 0 Å². The summed E-state index contributed by atoms with van der Waals surface area (Å²) in [5, 5.41) is 0. The molecule has 0 bridgehead atoms. The Labute approximate surface area is 118 Å². The van der Waals surface area contributed by atoms with E-state index in [2.05, 4.69) is 9.97 Å². The van der Waals surface area contributed by atoms with Crippen molar-refractivity contribution >= 4 is 17.5 Å². The number of carbonyl (C=O) groups is 1. The number of amides is 1. The third-order valence-electron chi connectivity index (χ3n) is 2.84. The highest BCUT2D eigenvalue weighted by Gasteiger charge is 2.24. The first-order valence-corrected chi connectivity index (χ1v) is 6.60. The number of nitrogens with two attached hydrogens (primary N) is 1. The average Bonchev–Trinajstić information content (AvgIpc) is 2.37. The van der Waals surface area contributed by atoms with Crippen molar-refractivity contribution in [2.75, 3.05) is 18.8 Å². The minimum Gasteiger partial charge on any atom is -0.444 e. The fourth-order valence-electron chi connectivity index (χ4n) is 1.93. The highest BCUT2D eigenvalue weighted by atomic mass is 16.6. The zero-order valence-electron chi connectivity index (χ0n) is 12.1. The standard InChI is InChI=1S/C14H20N4O2/c1-14(2,3)20-13(19)18-6-4-10(5-7-18)11-8-16-9-12(15)17-11/h4,8-9H,5-7H2,1-3H3,(H2,15,17). The van der Waals surface area contributed by atoms with Gasteiger partial charge in [0.1, 0.15) is 11.4 Å². The molecule has 0 aromatic carbocycles.